The van der Waals surface area contributed by atoms with E-state index in [2.05, 4.69) is 58.9 Å². The Morgan fingerprint density at radius 2 is 1.65 bits per heavy atom. The molecule has 1 atom stereocenters. The third-order valence-corrected chi connectivity index (χ3v) is 3.65. The summed E-state index contributed by atoms with van der Waals surface area (Å²) in [7, 11) is 0. The lowest BCUT2D eigenvalue weighted by Crippen LogP contribution is -2.28. The van der Waals surface area contributed by atoms with Crippen molar-refractivity contribution in [2.24, 2.45) is 0 Å². The number of hydrogen-bond donors (Lipinski definition) is 0. The molecule has 0 aliphatic heterocycles. The number of alkyl halides is 1. The van der Waals surface area contributed by atoms with Crippen LogP contribution >= 0.6 is 27.5 Å². The molecule has 0 amide bonds. The lowest BCUT2D eigenvalue weighted by molar-refractivity contribution is 0.275. The van der Waals surface area contributed by atoms with Gasteiger partial charge in [0.25, 0.3) is 0 Å². The molecular formula is C14H21BrClN. The molecule has 0 aliphatic rings. The Balaban J connectivity index is 2.56. The van der Waals surface area contributed by atoms with Crippen LogP contribution in [0.4, 0.5) is 0 Å². The molecule has 1 nitrogen and oxygen atoms in total. The zero-order valence-electron chi connectivity index (χ0n) is 10.6. The van der Waals surface area contributed by atoms with Crippen molar-refractivity contribution in [3.63, 3.8) is 0 Å². The minimum absolute atomic E-state index is 0.0844. The molecule has 0 N–H and O–H groups in total. The van der Waals surface area contributed by atoms with E-state index in [0.29, 0.717) is 0 Å². The summed E-state index contributed by atoms with van der Waals surface area (Å²) < 4.78 is 1.10. The molecule has 1 unspecified atom stereocenters. The van der Waals surface area contributed by atoms with Crippen molar-refractivity contribution in [1.82, 2.24) is 4.90 Å². The monoisotopic (exact) mass is 317 g/mol. The van der Waals surface area contributed by atoms with Crippen molar-refractivity contribution in [3.05, 3.63) is 34.3 Å². The van der Waals surface area contributed by atoms with Gasteiger partial charge in [-0.2, -0.15) is 0 Å². The first-order chi connectivity index (χ1) is 8.17. The summed E-state index contributed by atoms with van der Waals surface area (Å²) in [5.74, 6) is 0. The second-order valence-electron chi connectivity index (χ2n) is 4.32. The van der Waals surface area contributed by atoms with Gasteiger partial charge >= 0.3 is 0 Å². The van der Waals surface area contributed by atoms with Gasteiger partial charge in [-0.3, -0.25) is 0 Å². The maximum absolute atomic E-state index is 6.47. The third kappa shape index (κ3) is 5.41. The molecule has 0 aliphatic carbocycles. The molecule has 0 spiro atoms. The highest BCUT2D eigenvalue weighted by molar-refractivity contribution is 9.10. The van der Waals surface area contributed by atoms with Gasteiger partial charge in [0.1, 0.15) is 0 Å². The molecule has 1 aromatic rings. The van der Waals surface area contributed by atoms with Gasteiger partial charge in [-0.1, -0.05) is 41.9 Å². The first-order valence-electron chi connectivity index (χ1n) is 6.29. The van der Waals surface area contributed by atoms with Gasteiger partial charge in [0.05, 0.1) is 5.38 Å². The second-order valence-corrected chi connectivity index (χ2v) is 5.76. The van der Waals surface area contributed by atoms with Gasteiger partial charge in [-0.05, 0) is 43.6 Å². The Hall–Kier alpha value is -0.0500. The fraction of sp³-hybridized carbons (Fsp3) is 0.571. The number of hydrogen-bond acceptors (Lipinski definition) is 1. The summed E-state index contributed by atoms with van der Waals surface area (Å²) in [5, 5.41) is 0.0844. The van der Waals surface area contributed by atoms with Crippen molar-refractivity contribution in [3.8, 4) is 0 Å². The van der Waals surface area contributed by atoms with Crippen LogP contribution in [0, 0.1) is 0 Å². The molecule has 0 fully saturated rings. The normalized spacial score (nSPS) is 13.0. The van der Waals surface area contributed by atoms with Crippen molar-refractivity contribution in [1.29, 1.82) is 0 Å². The highest BCUT2D eigenvalue weighted by Gasteiger charge is 2.12. The smallest absolute Gasteiger partial charge is 0.0712 e. The first kappa shape index (κ1) is 15.0. The molecule has 0 saturated carbocycles. The Bertz CT molecular complexity index is 307. The fourth-order valence-electron chi connectivity index (χ4n) is 1.93. The van der Waals surface area contributed by atoms with Crippen LogP contribution in [-0.2, 0) is 0 Å². The fourth-order valence-corrected chi connectivity index (χ4v) is 2.54. The van der Waals surface area contributed by atoms with E-state index in [9.17, 15) is 0 Å². The zero-order valence-corrected chi connectivity index (χ0v) is 13.0. The molecule has 0 heterocycles. The molecular weight excluding hydrogens is 298 g/mol. The van der Waals surface area contributed by atoms with Gasteiger partial charge in [-0.25, -0.2) is 0 Å². The minimum atomic E-state index is 0.0844. The Morgan fingerprint density at radius 3 is 2.12 bits per heavy atom. The molecule has 0 radical (unpaired) electrons. The molecule has 0 aromatic heterocycles. The maximum Gasteiger partial charge on any atom is 0.0712 e. The van der Waals surface area contributed by atoms with Crippen LogP contribution in [0.5, 0.6) is 0 Å². The van der Waals surface area contributed by atoms with Gasteiger partial charge in [-0.15, -0.1) is 11.6 Å². The van der Waals surface area contributed by atoms with E-state index in [1.807, 2.05) is 0 Å². The largest absolute Gasteiger partial charge is 0.302 e. The topological polar surface area (TPSA) is 3.24 Å². The van der Waals surface area contributed by atoms with E-state index in [1.54, 1.807) is 0 Å². The summed E-state index contributed by atoms with van der Waals surface area (Å²) >= 11 is 9.91. The summed E-state index contributed by atoms with van der Waals surface area (Å²) in [4.78, 5) is 2.44. The van der Waals surface area contributed by atoms with Crippen LogP contribution < -0.4 is 0 Å². The number of halogens is 2. The number of nitrogens with zero attached hydrogens (tertiary/aromatic N) is 1. The van der Waals surface area contributed by atoms with E-state index in [4.69, 9.17) is 11.6 Å². The number of rotatable bonds is 7. The minimum Gasteiger partial charge on any atom is -0.302 e. The van der Waals surface area contributed by atoms with Gasteiger partial charge in [0.15, 0.2) is 0 Å². The van der Waals surface area contributed by atoms with Crippen LogP contribution in [0.15, 0.2) is 28.7 Å². The first-order valence-corrected chi connectivity index (χ1v) is 7.52. The van der Waals surface area contributed by atoms with Crippen LogP contribution in [0.25, 0.3) is 0 Å². The van der Waals surface area contributed by atoms with E-state index in [-0.39, 0.29) is 5.38 Å². The van der Waals surface area contributed by atoms with Crippen LogP contribution in [0.2, 0.25) is 0 Å². The third-order valence-electron chi connectivity index (χ3n) is 2.73. The molecule has 1 rings (SSSR count). The van der Waals surface area contributed by atoms with Crippen molar-refractivity contribution in [2.75, 3.05) is 19.6 Å². The SMILES string of the molecule is CCCN(CCC)CC(Cl)c1ccc(Br)cc1. The van der Waals surface area contributed by atoms with Gasteiger partial charge in [0, 0.05) is 11.0 Å². The standard InChI is InChI=1S/C14H21BrClN/c1-3-9-17(10-4-2)11-14(16)12-5-7-13(15)8-6-12/h5-8,14H,3-4,9-11H2,1-2H3. The lowest BCUT2D eigenvalue weighted by atomic mass is 10.1. The van der Waals surface area contributed by atoms with Crippen LogP contribution in [0.1, 0.15) is 37.6 Å². The molecule has 3 heteroatoms. The molecule has 1 aromatic carbocycles. The molecule has 96 valence electrons. The van der Waals surface area contributed by atoms with Gasteiger partial charge < -0.3 is 4.90 Å². The quantitative estimate of drug-likeness (QED) is 0.650. The Morgan fingerprint density at radius 1 is 1.12 bits per heavy atom. The summed E-state index contributed by atoms with van der Waals surface area (Å²) in [6.45, 7) is 7.63. The van der Waals surface area contributed by atoms with Crippen molar-refractivity contribution in [2.45, 2.75) is 32.1 Å². The van der Waals surface area contributed by atoms with Gasteiger partial charge in [0.2, 0.25) is 0 Å². The lowest BCUT2D eigenvalue weighted by Gasteiger charge is -2.23. The molecule has 17 heavy (non-hydrogen) atoms. The zero-order chi connectivity index (χ0) is 12.7. The summed E-state index contributed by atoms with van der Waals surface area (Å²) in [5.41, 5.74) is 1.20. The second kappa shape index (κ2) is 8.12. The molecule has 0 saturated heterocycles. The van der Waals surface area contributed by atoms with E-state index < -0.39 is 0 Å². The van der Waals surface area contributed by atoms with E-state index in [0.717, 1.165) is 24.1 Å². The number of benzene rings is 1. The average Bonchev–Trinajstić information content (AvgIpc) is 2.30. The van der Waals surface area contributed by atoms with Crippen LogP contribution in [0.3, 0.4) is 0 Å². The van der Waals surface area contributed by atoms with Crippen molar-refractivity contribution >= 4 is 27.5 Å². The predicted molar refractivity (Wildman–Crippen MR) is 79.8 cm³/mol. The molecule has 0 bridgehead atoms. The highest BCUT2D eigenvalue weighted by Crippen LogP contribution is 2.23. The van der Waals surface area contributed by atoms with E-state index >= 15 is 0 Å². The highest BCUT2D eigenvalue weighted by atomic mass is 79.9. The van der Waals surface area contributed by atoms with Crippen LogP contribution in [-0.4, -0.2) is 24.5 Å². The summed E-state index contributed by atoms with van der Waals surface area (Å²) in [6.07, 6.45) is 2.37. The summed E-state index contributed by atoms with van der Waals surface area (Å²) in [6, 6.07) is 8.29. The Kier molecular flexibility index (Phi) is 7.17. The predicted octanol–water partition coefficient (Wildman–Crippen LogP) is 4.85. The van der Waals surface area contributed by atoms with Crippen molar-refractivity contribution < 1.29 is 0 Å². The Labute approximate surface area is 118 Å². The maximum atomic E-state index is 6.47. The van der Waals surface area contributed by atoms with E-state index in [1.165, 1.54) is 18.4 Å². The average molecular weight is 319 g/mol.